The summed E-state index contributed by atoms with van der Waals surface area (Å²) in [5.41, 5.74) is 0.173. The van der Waals surface area contributed by atoms with Gasteiger partial charge in [0.1, 0.15) is 0 Å². The lowest BCUT2D eigenvalue weighted by Gasteiger charge is -2.43. The fourth-order valence-electron chi connectivity index (χ4n) is 3.70. The van der Waals surface area contributed by atoms with E-state index in [2.05, 4.69) is 0 Å². The van der Waals surface area contributed by atoms with Gasteiger partial charge in [-0.1, -0.05) is 0 Å². The topological polar surface area (TPSA) is 66.5 Å². The van der Waals surface area contributed by atoms with Gasteiger partial charge in [0.15, 0.2) is 11.5 Å². The highest BCUT2D eigenvalue weighted by Gasteiger charge is 2.49. The minimum Gasteiger partial charge on any atom is -0.454 e. The molecule has 0 radical (unpaired) electrons. The van der Waals surface area contributed by atoms with Crippen LogP contribution in [0.25, 0.3) is 0 Å². The van der Waals surface area contributed by atoms with Gasteiger partial charge in [-0.2, -0.15) is 0 Å². The SMILES string of the molecule is CCOC[C@H]1C[C@]2(COCCN2C(=O)c2ccc3c(c2)OCO3)CO1. The number of nitrogens with zero attached hydrogens (tertiary/aromatic N) is 1. The summed E-state index contributed by atoms with van der Waals surface area (Å²) in [4.78, 5) is 15.1. The second-order valence-corrected chi connectivity index (χ2v) is 6.60. The van der Waals surface area contributed by atoms with E-state index in [1.54, 1.807) is 18.2 Å². The highest BCUT2D eigenvalue weighted by atomic mass is 16.7. The molecule has 3 heterocycles. The molecule has 3 aliphatic rings. The zero-order valence-corrected chi connectivity index (χ0v) is 14.4. The lowest BCUT2D eigenvalue weighted by Crippen LogP contribution is -2.59. The summed E-state index contributed by atoms with van der Waals surface area (Å²) in [6.07, 6.45) is 0.720. The van der Waals surface area contributed by atoms with Crippen LogP contribution in [0.4, 0.5) is 0 Å². The molecular formula is C18H23NO6. The van der Waals surface area contributed by atoms with E-state index in [9.17, 15) is 4.79 Å². The first-order valence-corrected chi connectivity index (χ1v) is 8.70. The van der Waals surface area contributed by atoms with E-state index in [1.807, 2.05) is 11.8 Å². The van der Waals surface area contributed by atoms with E-state index in [4.69, 9.17) is 23.7 Å². The second kappa shape index (κ2) is 6.82. The Morgan fingerprint density at radius 3 is 3.08 bits per heavy atom. The molecule has 2 fully saturated rings. The van der Waals surface area contributed by atoms with E-state index in [0.717, 1.165) is 6.42 Å². The van der Waals surface area contributed by atoms with Crippen LogP contribution in [0, 0.1) is 0 Å². The van der Waals surface area contributed by atoms with Gasteiger partial charge in [-0.25, -0.2) is 0 Å². The van der Waals surface area contributed by atoms with Crippen molar-refractivity contribution in [2.75, 3.05) is 46.4 Å². The third kappa shape index (κ3) is 3.07. The van der Waals surface area contributed by atoms with Crippen LogP contribution in [-0.2, 0) is 14.2 Å². The van der Waals surface area contributed by atoms with Crippen LogP contribution in [0.3, 0.4) is 0 Å². The van der Waals surface area contributed by atoms with E-state index >= 15 is 0 Å². The van der Waals surface area contributed by atoms with Crippen molar-refractivity contribution in [3.05, 3.63) is 23.8 Å². The van der Waals surface area contributed by atoms with Gasteiger partial charge < -0.3 is 28.6 Å². The molecular weight excluding hydrogens is 326 g/mol. The number of carbonyl (C=O) groups excluding carboxylic acids is 1. The Morgan fingerprint density at radius 1 is 1.32 bits per heavy atom. The summed E-state index contributed by atoms with van der Waals surface area (Å²) in [5.74, 6) is 1.27. The van der Waals surface area contributed by atoms with Crippen molar-refractivity contribution in [2.45, 2.75) is 25.0 Å². The average molecular weight is 349 g/mol. The van der Waals surface area contributed by atoms with Crippen molar-refractivity contribution in [1.82, 2.24) is 4.90 Å². The average Bonchev–Trinajstić information content (AvgIpc) is 3.26. The zero-order valence-electron chi connectivity index (χ0n) is 14.4. The van der Waals surface area contributed by atoms with E-state index in [0.29, 0.717) is 56.6 Å². The monoisotopic (exact) mass is 349 g/mol. The third-order valence-corrected chi connectivity index (χ3v) is 4.97. The number of carbonyl (C=O) groups is 1. The van der Waals surface area contributed by atoms with Gasteiger partial charge in [0.2, 0.25) is 6.79 Å². The van der Waals surface area contributed by atoms with Crippen molar-refractivity contribution >= 4 is 5.91 Å². The predicted molar refractivity (Wildman–Crippen MR) is 88.0 cm³/mol. The number of fused-ring (bicyclic) bond motifs is 1. The van der Waals surface area contributed by atoms with Crippen LogP contribution >= 0.6 is 0 Å². The molecule has 3 aliphatic heterocycles. The van der Waals surface area contributed by atoms with Gasteiger partial charge in [0.05, 0.1) is 38.1 Å². The zero-order chi connectivity index (χ0) is 17.3. The summed E-state index contributed by atoms with van der Waals surface area (Å²) in [6.45, 7) is 5.41. The second-order valence-electron chi connectivity index (χ2n) is 6.60. The van der Waals surface area contributed by atoms with Crippen LogP contribution in [0.1, 0.15) is 23.7 Å². The van der Waals surface area contributed by atoms with E-state index in [-0.39, 0.29) is 18.8 Å². The third-order valence-electron chi connectivity index (χ3n) is 4.97. The Bertz CT molecular complexity index is 650. The number of hydrogen-bond donors (Lipinski definition) is 0. The largest absolute Gasteiger partial charge is 0.454 e. The quantitative estimate of drug-likeness (QED) is 0.820. The van der Waals surface area contributed by atoms with Crippen LogP contribution in [0.5, 0.6) is 11.5 Å². The Labute approximate surface area is 146 Å². The molecule has 136 valence electrons. The van der Waals surface area contributed by atoms with Gasteiger partial charge in [0, 0.05) is 25.1 Å². The molecule has 25 heavy (non-hydrogen) atoms. The van der Waals surface area contributed by atoms with Crippen LogP contribution < -0.4 is 9.47 Å². The van der Waals surface area contributed by atoms with Gasteiger partial charge in [-0.05, 0) is 25.1 Å². The molecule has 4 rings (SSSR count). The maximum Gasteiger partial charge on any atom is 0.254 e. The van der Waals surface area contributed by atoms with Gasteiger partial charge in [0.25, 0.3) is 5.91 Å². The molecule has 0 unspecified atom stereocenters. The molecule has 0 aliphatic carbocycles. The number of benzene rings is 1. The molecule has 2 saturated heterocycles. The molecule has 1 aromatic rings. The van der Waals surface area contributed by atoms with Crippen molar-refractivity contribution in [2.24, 2.45) is 0 Å². The summed E-state index contributed by atoms with van der Waals surface area (Å²) in [6, 6.07) is 5.32. The maximum atomic E-state index is 13.2. The molecule has 2 atom stereocenters. The number of rotatable bonds is 4. The molecule has 0 N–H and O–H groups in total. The lowest BCUT2D eigenvalue weighted by atomic mass is 9.92. The fraction of sp³-hybridized carbons (Fsp3) is 0.611. The van der Waals surface area contributed by atoms with Crippen LogP contribution in [-0.4, -0.2) is 68.8 Å². The molecule has 0 aromatic heterocycles. The van der Waals surface area contributed by atoms with Crippen LogP contribution in [0.15, 0.2) is 18.2 Å². The molecule has 1 aromatic carbocycles. The van der Waals surface area contributed by atoms with Crippen molar-refractivity contribution < 1.29 is 28.5 Å². The smallest absolute Gasteiger partial charge is 0.254 e. The molecule has 0 saturated carbocycles. The van der Waals surface area contributed by atoms with E-state index in [1.165, 1.54) is 0 Å². The maximum absolute atomic E-state index is 13.2. The predicted octanol–water partition coefficient (Wildman–Crippen LogP) is 1.45. The highest BCUT2D eigenvalue weighted by molar-refractivity contribution is 5.95. The molecule has 1 spiro atoms. The van der Waals surface area contributed by atoms with Crippen molar-refractivity contribution in [1.29, 1.82) is 0 Å². The number of amides is 1. The minimum absolute atomic E-state index is 0.00583. The van der Waals surface area contributed by atoms with Crippen LogP contribution in [0.2, 0.25) is 0 Å². The first-order chi connectivity index (χ1) is 12.2. The fourth-order valence-corrected chi connectivity index (χ4v) is 3.70. The summed E-state index contributed by atoms with van der Waals surface area (Å²) in [7, 11) is 0. The highest BCUT2D eigenvalue weighted by Crippen LogP contribution is 2.36. The Morgan fingerprint density at radius 2 is 2.20 bits per heavy atom. The Balaban J connectivity index is 1.54. The molecule has 0 bridgehead atoms. The molecule has 1 amide bonds. The summed E-state index contributed by atoms with van der Waals surface area (Å²) >= 11 is 0. The summed E-state index contributed by atoms with van der Waals surface area (Å²) in [5, 5.41) is 0. The standard InChI is InChI=1S/C18H23NO6/c1-2-21-9-14-8-18(11-23-14)10-22-6-5-19(18)17(20)13-3-4-15-16(7-13)25-12-24-15/h3-4,7,14H,2,5-6,8-12H2,1H3/t14-,18+/m1/s1. The van der Waals surface area contributed by atoms with Crippen molar-refractivity contribution in [3.63, 3.8) is 0 Å². The molecule has 7 nitrogen and oxygen atoms in total. The Kier molecular flexibility index (Phi) is 4.54. The normalized spacial score (nSPS) is 27.9. The Hall–Kier alpha value is -1.83. The number of ether oxygens (including phenoxy) is 5. The first kappa shape index (κ1) is 16.6. The van der Waals surface area contributed by atoms with Crippen molar-refractivity contribution in [3.8, 4) is 11.5 Å². The van der Waals surface area contributed by atoms with Gasteiger partial charge in [-0.3, -0.25) is 4.79 Å². The lowest BCUT2D eigenvalue weighted by molar-refractivity contribution is -0.0559. The first-order valence-electron chi connectivity index (χ1n) is 8.70. The number of morpholine rings is 1. The number of hydrogen-bond acceptors (Lipinski definition) is 6. The minimum atomic E-state index is -0.423. The van der Waals surface area contributed by atoms with Gasteiger partial charge in [-0.15, -0.1) is 0 Å². The molecule has 7 heteroatoms. The summed E-state index contributed by atoms with van der Waals surface area (Å²) < 4.78 is 27.8. The van der Waals surface area contributed by atoms with E-state index < -0.39 is 5.54 Å². The van der Waals surface area contributed by atoms with Gasteiger partial charge >= 0.3 is 0 Å².